The molecule has 1 heterocycles. The summed E-state index contributed by atoms with van der Waals surface area (Å²) in [7, 11) is 0. The molecule has 1 aliphatic carbocycles. The van der Waals surface area contributed by atoms with Crippen molar-refractivity contribution in [2.75, 3.05) is 0 Å². The van der Waals surface area contributed by atoms with Gasteiger partial charge in [-0.2, -0.15) is 13.2 Å². The highest BCUT2D eigenvalue weighted by molar-refractivity contribution is 5.90. The Hall–Kier alpha value is -2.45. The molecule has 6 nitrogen and oxygen atoms in total. The monoisotopic (exact) mass is 316 g/mol. The summed E-state index contributed by atoms with van der Waals surface area (Å²) in [6, 6.07) is 0. The van der Waals surface area contributed by atoms with Crippen LogP contribution >= 0.6 is 0 Å². The summed E-state index contributed by atoms with van der Waals surface area (Å²) in [6.07, 6.45) is -0.524. The third-order valence-corrected chi connectivity index (χ3v) is 3.21. The van der Waals surface area contributed by atoms with Crippen LogP contribution in [0.15, 0.2) is 24.5 Å². The van der Waals surface area contributed by atoms with E-state index in [2.05, 4.69) is 9.97 Å². The first kappa shape index (κ1) is 15.9. The molecule has 1 aliphatic rings. The van der Waals surface area contributed by atoms with Crippen LogP contribution in [0.5, 0.6) is 0 Å². The minimum absolute atomic E-state index is 0.0242. The zero-order valence-electron chi connectivity index (χ0n) is 11.1. The molecule has 0 aromatic carbocycles. The van der Waals surface area contributed by atoms with Crippen molar-refractivity contribution >= 4 is 11.9 Å². The van der Waals surface area contributed by atoms with Crippen LogP contribution in [0.3, 0.4) is 0 Å². The molecule has 1 N–H and O–H groups in total. The quantitative estimate of drug-likeness (QED) is 0.675. The maximum atomic E-state index is 12.5. The number of ether oxygens (including phenoxy) is 1. The Morgan fingerprint density at radius 2 is 1.82 bits per heavy atom. The van der Waals surface area contributed by atoms with Gasteiger partial charge in [0.05, 0.1) is 5.56 Å². The third-order valence-electron chi connectivity index (χ3n) is 3.21. The van der Waals surface area contributed by atoms with E-state index in [-0.39, 0.29) is 5.82 Å². The Labute approximate surface area is 122 Å². The second-order valence-corrected chi connectivity index (χ2v) is 4.73. The molecule has 0 saturated heterocycles. The average molecular weight is 316 g/mol. The van der Waals surface area contributed by atoms with E-state index < -0.39 is 29.3 Å². The molecule has 1 aromatic heterocycles. The summed E-state index contributed by atoms with van der Waals surface area (Å²) < 4.78 is 42.5. The van der Waals surface area contributed by atoms with Gasteiger partial charge in [-0.1, -0.05) is 0 Å². The number of alkyl halides is 3. The van der Waals surface area contributed by atoms with Crippen LogP contribution in [-0.2, 0) is 26.1 Å². The van der Waals surface area contributed by atoms with E-state index in [1.807, 2.05) is 0 Å². The zero-order valence-corrected chi connectivity index (χ0v) is 11.1. The van der Waals surface area contributed by atoms with Crippen molar-refractivity contribution in [2.24, 2.45) is 0 Å². The van der Waals surface area contributed by atoms with Crippen molar-refractivity contribution in [2.45, 2.75) is 31.0 Å². The molecule has 1 fully saturated rings. The topological polar surface area (TPSA) is 89.4 Å². The van der Waals surface area contributed by atoms with Crippen molar-refractivity contribution < 1.29 is 32.6 Å². The van der Waals surface area contributed by atoms with Crippen LogP contribution in [0.4, 0.5) is 13.2 Å². The van der Waals surface area contributed by atoms with Gasteiger partial charge in [0, 0.05) is 24.5 Å². The second kappa shape index (κ2) is 5.74. The number of aliphatic carboxylic acids is 1. The maximum absolute atomic E-state index is 12.5. The number of hydrogen-bond acceptors (Lipinski definition) is 5. The molecule has 9 heteroatoms. The molecule has 0 unspecified atom stereocenters. The van der Waals surface area contributed by atoms with E-state index in [0.29, 0.717) is 37.7 Å². The van der Waals surface area contributed by atoms with Crippen molar-refractivity contribution in [1.82, 2.24) is 9.97 Å². The summed E-state index contributed by atoms with van der Waals surface area (Å²) in [6.45, 7) is 0. The highest BCUT2D eigenvalue weighted by Crippen LogP contribution is 2.43. The van der Waals surface area contributed by atoms with Crippen molar-refractivity contribution in [1.29, 1.82) is 0 Å². The number of aromatic nitrogens is 2. The van der Waals surface area contributed by atoms with Gasteiger partial charge in [0.1, 0.15) is 0 Å². The van der Waals surface area contributed by atoms with E-state index >= 15 is 0 Å². The van der Waals surface area contributed by atoms with Crippen LogP contribution in [0.2, 0.25) is 0 Å². The first-order chi connectivity index (χ1) is 10.2. The Morgan fingerprint density at radius 1 is 1.23 bits per heavy atom. The maximum Gasteiger partial charge on any atom is 0.419 e. The lowest BCUT2D eigenvalue weighted by Gasteiger charge is -2.39. The van der Waals surface area contributed by atoms with E-state index in [1.165, 1.54) is 0 Å². The van der Waals surface area contributed by atoms with Gasteiger partial charge < -0.3 is 9.84 Å². The minimum atomic E-state index is -4.55. The Kier molecular flexibility index (Phi) is 4.16. The minimum Gasteiger partial charge on any atom is -0.478 e. The molecule has 0 spiro atoms. The van der Waals surface area contributed by atoms with Gasteiger partial charge in [0.2, 0.25) is 0 Å². The normalized spacial score (nSPS) is 17.0. The molecule has 2 rings (SSSR count). The van der Waals surface area contributed by atoms with E-state index in [9.17, 15) is 22.8 Å². The van der Waals surface area contributed by atoms with Crippen molar-refractivity contribution in [3.8, 4) is 0 Å². The van der Waals surface area contributed by atoms with Crippen molar-refractivity contribution in [3.05, 3.63) is 35.9 Å². The zero-order chi connectivity index (χ0) is 16.4. The van der Waals surface area contributed by atoms with Crippen molar-refractivity contribution in [3.63, 3.8) is 0 Å². The summed E-state index contributed by atoms with van der Waals surface area (Å²) in [5.41, 5.74) is -2.19. The molecule has 0 aliphatic heterocycles. The Balaban J connectivity index is 2.17. The lowest BCUT2D eigenvalue weighted by atomic mass is 9.79. The number of halogens is 3. The van der Waals surface area contributed by atoms with Crippen LogP contribution in [0.25, 0.3) is 0 Å². The highest BCUT2D eigenvalue weighted by Gasteiger charge is 2.45. The average Bonchev–Trinajstić information content (AvgIpc) is 2.40. The Morgan fingerprint density at radius 3 is 2.23 bits per heavy atom. The van der Waals surface area contributed by atoms with Gasteiger partial charge in [0.15, 0.2) is 11.4 Å². The SMILES string of the molecule is O=C(O)/C=C/C(=O)OC1(c2ncc(C(F)(F)F)cn2)CCC1. The van der Waals surface area contributed by atoms with Gasteiger partial charge >= 0.3 is 18.1 Å². The van der Waals surface area contributed by atoms with Crippen LogP contribution in [0.1, 0.15) is 30.7 Å². The molecule has 0 atom stereocenters. The Bertz CT molecular complexity index is 607. The van der Waals surface area contributed by atoms with Gasteiger partial charge in [-0.05, 0) is 19.3 Å². The number of carbonyl (C=O) groups is 2. The lowest BCUT2D eigenvalue weighted by Crippen LogP contribution is -2.40. The number of hydrogen-bond donors (Lipinski definition) is 1. The summed E-state index contributed by atoms with van der Waals surface area (Å²) >= 11 is 0. The number of carbonyl (C=O) groups excluding carboxylic acids is 1. The summed E-state index contributed by atoms with van der Waals surface area (Å²) in [5.74, 6) is -2.25. The number of rotatable bonds is 4. The molecule has 0 amide bonds. The third kappa shape index (κ3) is 3.41. The fourth-order valence-corrected chi connectivity index (χ4v) is 1.94. The predicted octanol–water partition coefficient (Wildman–Crippen LogP) is 2.06. The molecule has 22 heavy (non-hydrogen) atoms. The molecule has 1 saturated carbocycles. The highest BCUT2D eigenvalue weighted by atomic mass is 19.4. The first-order valence-electron chi connectivity index (χ1n) is 6.27. The lowest BCUT2D eigenvalue weighted by molar-refractivity contribution is -0.167. The predicted molar refractivity (Wildman–Crippen MR) is 65.4 cm³/mol. The molecule has 1 aromatic rings. The van der Waals surface area contributed by atoms with Crippen LogP contribution in [-0.4, -0.2) is 27.0 Å². The molecule has 0 bridgehead atoms. The fourth-order valence-electron chi connectivity index (χ4n) is 1.94. The van der Waals surface area contributed by atoms with Gasteiger partial charge in [-0.25, -0.2) is 19.6 Å². The van der Waals surface area contributed by atoms with E-state index in [4.69, 9.17) is 9.84 Å². The summed E-state index contributed by atoms with van der Waals surface area (Å²) in [5, 5.41) is 8.43. The van der Waals surface area contributed by atoms with Crippen LogP contribution < -0.4 is 0 Å². The van der Waals surface area contributed by atoms with E-state index in [0.717, 1.165) is 6.08 Å². The number of nitrogens with zero attached hydrogens (tertiary/aromatic N) is 2. The smallest absolute Gasteiger partial charge is 0.419 e. The largest absolute Gasteiger partial charge is 0.478 e. The molecular formula is C13H11F3N2O4. The van der Waals surface area contributed by atoms with Gasteiger partial charge in [-0.3, -0.25) is 0 Å². The molecule has 118 valence electrons. The summed E-state index contributed by atoms with van der Waals surface area (Å²) in [4.78, 5) is 29.2. The standard InChI is InChI=1S/C13H11F3N2O4/c14-13(15,16)8-6-17-11(18-7-8)12(4-1-5-12)22-10(21)3-2-9(19)20/h2-3,6-7H,1,4-5H2,(H,19,20)/b3-2+. The molecule has 0 radical (unpaired) electrons. The number of carboxylic acid groups (broad SMARTS) is 1. The molecular weight excluding hydrogens is 305 g/mol. The number of esters is 1. The first-order valence-corrected chi connectivity index (χ1v) is 6.27. The fraction of sp³-hybridized carbons (Fsp3) is 0.385. The number of carboxylic acids is 1. The van der Waals surface area contributed by atoms with Gasteiger partial charge in [-0.15, -0.1) is 0 Å². The van der Waals surface area contributed by atoms with E-state index in [1.54, 1.807) is 0 Å². The van der Waals surface area contributed by atoms with Gasteiger partial charge in [0.25, 0.3) is 0 Å². The second-order valence-electron chi connectivity index (χ2n) is 4.73. The van der Waals surface area contributed by atoms with Crippen LogP contribution in [0, 0.1) is 0 Å².